The number of anilines is 2. The Labute approximate surface area is 149 Å². The number of nitrogens with one attached hydrogen (secondary N) is 1. The van der Waals surface area contributed by atoms with E-state index in [1.807, 2.05) is 0 Å². The van der Waals surface area contributed by atoms with Crippen LogP contribution in [0.3, 0.4) is 0 Å². The van der Waals surface area contributed by atoms with Gasteiger partial charge in [0.15, 0.2) is 0 Å². The van der Waals surface area contributed by atoms with Crippen LogP contribution >= 0.6 is 11.6 Å². The Morgan fingerprint density at radius 2 is 1.92 bits per heavy atom. The number of carbonyl (C=O) groups excluding carboxylic acids is 2. The van der Waals surface area contributed by atoms with Crippen molar-refractivity contribution in [3.63, 3.8) is 0 Å². The molecule has 2 aromatic rings. The quantitative estimate of drug-likeness (QED) is 0.792. The number of alkyl halides is 3. The molecule has 1 heterocycles. The van der Waals surface area contributed by atoms with E-state index < -0.39 is 41.9 Å². The Morgan fingerprint density at radius 1 is 1.19 bits per heavy atom. The molecule has 10 heteroatoms. The maximum absolute atomic E-state index is 13.6. The van der Waals surface area contributed by atoms with Crippen LogP contribution in [0.4, 0.5) is 28.9 Å². The summed E-state index contributed by atoms with van der Waals surface area (Å²) in [7, 11) is 0. The van der Waals surface area contributed by atoms with E-state index in [0.29, 0.717) is 0 Å². The molecule has 136 valence electrons. The zero-order valence-corrected chi connectivity index (χ0v) is 13.5. The molecule has 0 aromatic heterocycles. The fraction of sp³-hybridized carbons (Fsp3) is 0.125. The molecule has 2 aromatic carbocycles. The molecule has 0 bridgehead atoms. The second kappa shape index (κ2) is 6.49. The number of ether oxygens (including phenoxy) is 1. The lowest BCUT2D eigenvalue weighted by Crippen LogP contribution is -2.42. The Bertz CT molecular complexity index is 902. The first-order valence-corrected chi connectivity index (χ1v) is 7.48. The molecular weight excluding hydrogens is 380 g/mol. The molecule has 0 radical (unpaired) electrons. The van der Waals surface area contributed by atoms with Gasteiger partial charge in [0.05, 0.1) is 16.9 Å². The number of hydrogen-bond acceptors (Lipinski definition) is 3. The van der Waals surface area contributed by atoms with E-state index in [0.717, 1.165) is 35.2 Å². The van der Waals surface area contributed by atoms with Crippen LogP contribution in [0.15, 0.2) is 36.4 Å². The van der Waals surface area contributed by atoms with Crippen molar-refractivity contribution < 1.29 is 31.9 Å². The summed E-state index contributed by atoms with van der Waals surface area (Å²) >= 11 is 5.78. The molecular formula is C16H9ClF4N2O3. The van der Waals surface area contributed by atoms with Crippen LogP contribution < -0.4 is 15.0 Å². The minimum atomic E-state index is -5.04. The topological polar surface area (TPSA) is 58.6 Å². The second-order valence-corrected chi connectivity index (χ2v) is 5.73. The highest BCUT2D eigenvalue weighted by Crippen LogP contribution is 2.34. The molecule has 0 atom stereocenters. The van der Waals surface area contributed by atoms with Crippen molar-refractivity contribution in [1.82, 2.24) is 0 Å². The molecule has 0 unspecified atom stereocenters. The normalized spacial score (nSPS) is 13.9. The smallest absolute Gasteiger partial charge is 0.405 e. The van der Waals surface area contributed by atoms with E-state index in [-0.39, 0.29) is 16.4 Å². The minimum absolute atomic E-state index is 0.00698. The molecule has 0 spiro atoms. The van der Waals surface area contributed by atoms with Crippen molar-refractivity contribution in [2.75, 3.05) is 16.8 Å². The van der Waals surface area contributed by atoms with Crippen LogP contribution in [0, 0.1) is 5.82 Å². The highest BCUT2D eigenvalue weighted by atomic mass is 35.5. The molecule has 0 aliphatic carbocycles. The summed E-state index contributed by atoms with van der Waals surface area (Å²) in [6.07, 6.45) is -5.04. The fourth-order valence-electron chi connectivity index (χ4n) is 2.46. The zero-order chi connectivity index (χ0) is 19.1. The van der Waals surface area contributed by atoms with E-state index in [1.165, 1.54) is 6.07 Å². The van der Waals surface area contributed by atoms with Crippen LogP contribution in [-0.4, -0.2) is 24.7 Å². The third kappa shape index (κ3) is 3.72. The molecule has 0 saturated carbocycles. The molecule has 0 fully saturated rings. The van der Waals surface area contributed by atoms with Crippen molar-refractivity contribution in [2.24, 2.45) is 0 Å². The summed E-state index contributed by atoms with van der Waals surface area (Å²) in [5.41, 5.74) is -0.358. The Morgan fingerprint density at radius 3 is 2.62 bits per heavy atom. The van der Waals surface area contributed by atoms with E-state index in [9.17, 15) is 27.2 Å². The maximum atomic E-state index is 13.6. The van der Waals surface area contributed by atoms with Gasteiger partial charge in [-0.1, -0.05) is 11.6 Å². The first kappa shape index (κ1) is 18.0. The van der Waals surface area contributed by atoms with Gasteiger partial charge in [0, 0.05) is 5.02 Å². The van der Waals surface area contributed by atoms with Crippen LogP contribution in [0.1, 0.15) is 10.4 Å². The molecule has 2 amide bonds. The number of fused-ring (bicyclic) bond motifs is 1. The van der Waals surface area contributed by atoms with Crippen LogP contribution in [0.5, 0.6) is 5.75 Å². The van der Waals surface area contributed by atoms with E-state index >= 15 is 0 Å². The van der Waals surface area contributed by atoms with Gasteiger partial charge in [-0.15, -0.1) is 13.2 Å². The average molecular weight is 389 g/mol. The lowest BCUT2D eigenvalue weighted by Gasteiger charge is -2.29. The molecule has 1 aliphatic heterocycles. The van der Waals surface area contributed by atoms with E-state index in [4.69, 9.17) is 11.6 Å². The number of rotatable bonds is 2. The number of hydrogen-bond donors (Lipinski definition) is 1. The highest BCUT2D eigenvalue weighted by molar-refractivity contribution is 6.31. The average Bonchev–Trinajstić information content (AvgIpc) is 2.54. The Balaban J connectivity index is 2.07. The third-order valence-electron chi connectivity index (χ3n) is 3.47. The Kier molecular flexibility index (Phi) is 4.49. The van der Waals surface area contributed by atoms with Gasteiger partial charge in [-0.25, -0.2) is 4.39 Å². The zero-order valence-electron chi connectivity index (χ0n) is 12.7. The van der Waals surface area contributed by atoms with Gasteiger partial charge in [-0.2, -0.15) is 0 Å². The summed E-state index contributed by atoms with van der Waals surface area (Å²) in [4.78, 5) is 25.5. The number of nitrogens with zero attached hydrogens (tertiary/aromatic N) is 1. The molecule has 26 heavy (non-hydrogen) atoms. The summed E-state index contributed by atoms with van der Waals surface area (Å²) in [5, 5.41) is 2.44. The van der Waals surface area contributed by atoms with Crippen molar-refractivity contribution in [1.29, 1.82) is 0 Å². The summed E-state index contributed by atoms with van der Waals surface area (Å²) < 4.78 is 55.2. The highest BCUT2D eigenvalue weighted by Gasteiger charge is 2.35. The lowest BCUT2D eigenvalue weighted by atomic mass is 10.1. The Hall–Kier alpha value is -2.81. The molecule has 5 nitrogen and oxygen atoms in total. The number of benzene rings is 2. The van der Waals surface area contributed by atoms with Gasteiger partial charge < -0.3 is 10.1 Å². The van der Waals surface area contributed by atoms with Crippen molar-refractivity contribution in [3.8, 4) is 5.75 Å². The maximum Gasteiger partial charge on any atom is 0.573 e. The van der Waals surface area contributed by atoms with Crippen molar-refractivity contribution in [3.05, 3.63) is 52.8 Å². The number of halogens is 5. The van der Waals surface area contributed by atoms with E-state index in [1.54, 1.807) is 0 Å². The van der Waals surface area contributed by atoms with Gasteiger partial charge >= 0.3 is 6.36 Å². The van der Waals surface area contributed by atoms with Gasteiger partial charge in [0.2, 0.25) is 5.91 Å². The van der Waals surface area contributed by atoms with Crippen LogP contribution in [0.25, 0.3) is 0 Å². The predicted octanol–water partition coefficient (Wildman–Crippen LogP) is 3.98. The number of amides is 2. The third-order valence-corrected chi connectivity index (χ3v) is 3.70. The summed E-state index contributed by atoms with van der Waals surface area (Å²) in [6.45, 7) is -0.507. The monoisotopic (exact) mass is 388 g/mol. The second-order valence-electron chi connectivity index (χ2n) is 5.29. The molecule has 3 rings (SSSR count). The van der Waals surface area contributed by atoms with Gasteiger partial charge in [-0.05, 0) is 36.4 Å². The molecule has 1 N–H and O–H groups in total. The first-order chi connectivity index (χ1) is 12.1. The van der Waals surface area contributed by atoms with Gasteiger partial charge in [0.25, 0.3) is 5.91 Å². The summed E-state index contributed by atoms with van der Waals surface area (Å²) in [5.74, 6) is -3.04. The minimum Gasteiger partial charge on any atom is -0.405 e. The molecule has 1 aliphatic rings. The van der Waals surface area contributed by atoms with Crippen LogP contribution in [-0.2, 0) is 4.79 Å². The predicted molar refractivity (Wildman–Crippen MR) is 84.8 cm³/mol. The first-order valence-electron chi connectivity index (χ1n) is 7.10. The molecule has 0 saturated heterocycles. The number of carbonyl (C=O) groups is 2. The fourth-order valence-corrected chi connectivity index (χ4v) is 2.63. The SMILES string of the molecule is O=C1CN(C(=O)c2cc(Cl)ccc2OC(F)(F)F)c2cc(F)ccc2N1. The summed E-state index contributed by atoms with van der Waals surface area (Å²) in [6, 6.07) is 6.30. The van der Waals surface area contributed by atoms with Crippen LogP contribution in [0.2, 0.25) is 5.02 Å². The van der Waals surface area contributed by atoms with Gasteiger partial charge in [0.1, 0.15) is 18.1 Å². The van der Waals surface area contributed by atoms with E-state index in [2.05, 4.69) is 10.1 Å². The standard InChI is InChI=1S/C16H9ClF4N2O3/c17-8-1-4-13(26-16(19,20)21)10(5-8)15(25)23-7-14(24)22-11-3-2-9(18)6-12(11)23/h1-6H,7H2,(H,22,24). The van der Waals surface area contributed by atoms with Crippen molar-refractivity contribution >= 4 is 34.8 Å². The van der Waals surface area contributed by atoms with Crippen molar-refractivity contribution in [2.45, 2.75) is 6.36 Å². The largest absolute Gasteiger partial charge is 0.573 e. The van der Waals surface area contributed by atoms with Gasteiger partial charge in [-0.3, -0.25) is 14.5 Å². The lowest BCUT2D eigenvalue weighted by molar-refractivity contribution is -0.274.